The van der Waals surface area contributed by atoms with Crippen molar-refractivity contribution in [2.24, 2.45) is 0 Å². The zero-order valence-electron chi connectivity index (χ0n) is 16.9. The van der Waals surface area contributed by atoms with E-state index in [1.165, 1.54) is 0 Å². The monoisotopic (exact) mass is 591 g/mol. The Kier molecular flexibility index (Phi) is 10.6. The predicted molar refractivity (Wildman–Crippen MR) is 133 cm³/mol. The summed E-state index contributed by atoms with van der Waals surface area (Å²) in [5.74, 6) is 0.865. The third-order valence-electron chi connectivity index (χ3n) is 5.40. The van der Waals surface area contributed by atoms with Crippen LogP contribution in [0.25, 0.3) is 0 Å². The molecule has 4 rings (SSSR count). The summed E-state index contributed by atoms with van der Waals surface area (Å²) >= 11 is 7.10. The van der Waals surface area contributed by atoms with E-state index in [2.05, 4.69) is 60.3 Å². The van der Waals surface area contributed by atoms with Crippen LogP contribution < -0.4 is 10.1 Å². The number of fused-ring (bicyclic) bond motifs is 1. The SMILES string of the molecule is Cl.Cl.N#Cc1ccc2c(c1)[C@@H](N1CCNCC1)[C@H](OCc1cc(Br)cc(Br)c1)CCO2. The van der Waals surface area contributed by atoms with Gasteiger partial charge in [0.1, 0.15) is 5.75 Å². The number of piperazine rings is 1. The lowest BCUT2D eigenvalue weighted by molar-refractivity contribution is -0.0331. The third kappa shape index (κ3) is 6.58. The minimum Gasteiger partial charge on any atom is -0.493 e. The number of nitriles is 1. The average molecular weight is 594 g/mol. The number of hydrogen-bond donors (Lipinski definition) is 1. The molecule has 1 saturated heterocycles. The van der Waals surface area contributed by atoms with Gasteiger partial charge in [-0.3, -0.25) is 4.90 Å². The molecule has 2 aliphatic heterocycles. The number of ether oxygens (including phenoxy) is 2. The van der Waals surface area contributed by atoms with Gasteiger partial charge >= 0.3 is 0 Å². The molecule has 0 saturated carbocycles. The van der Waals surface area contributed by atoms with Gasteiger partial charge in [-0.25, -0.2) is 0 Å². The second-order valence-electron chi connectivity index (χ2n) is 7.36. The summed E-state index contributed by atoms with van der Waals surface area (Å²) in [4.78, 5) is 2.46. The first-order valence-corrected chi connectivity index (χ1v) is 11.4. The number of hydrogen-bond acceptors (Lipinski definition) is 5. The summed E-state index contributed by atoms with van der Waals surface area (Å²) in [6.45, 7) is 4.94. The quantitative estimate of drug-likeness (QED) is 0.525. The van der Waals surface area contributed by atoms with E-state index in [-0.39, 0.29) is 37.0 Å². The first-order valence-electron chi connectivity index (χ1n) is 9.82. The molecular formula is C22H25Br2Cl2N3O2. The van der Waals surface area contributed by atoms with Crippen LogP contribution in [0.5, 0.6) is 5.75 Å². The lowest BCUT2D eigenvalue weighted by atomic mass is 9.95. The fourth-order valence-corrected chi connectivity index (χ4v) is 5.48. The van der Waals surface area contributed by atoms with Gasteiger partial charge in [-0.1, -0.05) is 31.9 Å². The van der Waals surface area contributed by atoms with Crippen LogP contribution >= 0.6 is 56.7 Å². The van der Waals surface area contributed by atoms with Crippen molar-refractivity contribution in [3.05, 3.63) is 62.0 Å². The van der Waals surface area contributed by atoms with Crippen LogP contribution in [0.1, 0.15) is 29.2 Å². The molecule has 31 heavy (non-hydrogen) atoms. The predicted octanol–water partition coefficient (Wildman–Crippen LogP) is 5.24. The largest absolute Gasteiger partial charge is 0.493 e. The van der Waals surface area contributed by atoms with E-state index in [0.29, 0.717) is 18.8 Å². The Hall–Kier alpha value is -0.850. The van der Waals surface area contributed by atoms with E-state index in [9.17, 15) is 5.26 Å². The molecule has 0 radical (unpaired) electrons. The first kappa shape index (κ1) is 26.4. The van der Waals surface area contributed by atoms with Gasteiger partial charge in [-0.15, -0.1) is 24.8 Å². The molecule has 0 aliphatic carbocycles. The normalized spacial score (nSPS) is 20.8. The molecule has 1 fully saturated rings. The molecule has 1 N–H and O–H groups in total. The second kappa shape index (κ2) is 12.4. The highest BCUT2D eigenvalue weighted by atomic mass is 79.9. The number of rotatable bonds is 4. The Morgan fingerprint density at radius 1 is 1.10 bits per heavy atom. The van der Waals surface area contributed by atoms with E-state index in [0.717, 1.165) is 58.4 Å². The zero-order valence-corrected chi connectivity index (χ0v) is 21.7. The van der Waals surface area contributed by atoms with Crippen molar-refractivity contribution in [3.8, 4) is 11.8 Å². The first-order chi connectivity index (χ1) is 14.1. The Labute approximate surface area is 212 Å². The lowest BCUT2D eigenvalue weighted by Crippen LogP contribution is -2.48. The molecule has 5 nitrogen and oxygen atoms in total. The highest BCUT2D eigenvalue weighted by molar-refractivity contribution is 9.11. The maximum absolute atomic E-state index is 9.42. The van der Waals surface area contributed by atoms with Gasteiger partial charge < -0.3 is 14.8 Å². The van der Waals surface area contributed by atoms with E-state index in [4.69, 9.17) is 9.47 Å². The van der Waals surface area contributed by atoms with E-state index in [1.54, 1.807) is 0 Å². The van der Waals surface area contributed by atoms with Gasteiger partial charge in [0, 0.05) is 47.1 Å². The van der Waals surface area contributed by atoms with Crippen LogP contribution in [-0.4, -0.2) is 43.8 Å². The van der Waals surface area contributed by atoms with Crippen LogP contribution in [0.15, 0.2) is 45.3 Å². The van der Waals surface area contributed by atoms with Crippen molar-refractivity contribution < 1.29 is 9.47 Å². The highest BCUT2D eigenvalue weighted by Crippen LogP contribution is 2.38. The molecule has 2 atom stereocenters. The van der Waals surface area contributed by atoms with Crippen LogP contribution in [0, 0.1) is 11.3 Å². The molecule has 2 aliphatic rings. The summed E-state index contributed by atoms with van der Waals surface area (Å²) in [7, 11) is 0. The minimum atomic E-state index is -0.0129. The van der Waals surface area contributed by atoms with Crippen molar-refractivity contribution >= 4 is 56.7 Å². The van der Waals surface area contributed by atoms with Crippen molar-refractivity contribution in [1.29, 1.82) is 5.26 Å². The van der Waals surface area contributed by atoms with Crippen LogP contribution in [0.3, 0.4) is 0 Å². The average Bonchev–Trinajstić information content (AvgIpc) is 2.90. The third-order valence-corrected chi connectivity index (χ3v) is 6.32. The highest BCUT2D eigenvalue weighted by Gasteiger charge is 2.35. The summed E-state index contributed by atoms with van der Waals surface area (Å²) in [5, 5.41) is 12.8. The number of benzene rings is 2. The van der Waals surface area contributed by atoms with Gasteiger partial charge in [-0.05, 0) is 42.0 Å². The van der Waals surface area contributed by atoms with Gasteiger partial charge in [-0.2, -0.15) is 5.26 Å². The molecule has 9 heteroatoms. The molecule has 0 amide bonds. The van der Waals surface area contributed by atoms with Crippen LogP contribution in [0.2, 0.25) is 0 Å². The Balaban J connectivity index is 0.00000171. The Bertz CT molecular complexity index is 900. The van der Waals surface area contributed by atoms with Gasteiger partial charge in [0.2, 0.25) is 0 Å². The molecule has 0 bridgehead atoms. The fraction of sp³-hybridized carbons (Fsp3) is 0.409. The number of halogens is 4. The van der Waals surface area contributed by atoms with Gasteiger partial charge in [0.25, 0.3) is 0 Å². The minimum absolute atomic E-state index is 0. The molecule has 0 aromatic heterocycles. The standard InChI is InChI=1S/C22H23Br2N3O2.2ClH/c23-17-9-16(10-18(24)12-17)14-29-21-3-8-28-20-2-1-15(13-25)11-19(20)22(21)27-6-4-26-5-7-27;;/h1-2,9-12,21-22,26H,3-8,14H2;2*1H/t21-,22-;;/m1../s1. The van der Waals surface area contributed by atoms with E-state index >= 15 is 0 Å². The maximum atomic E-state index is 9.42. The van der Waals surface area contributed by atoms with Crippen molar-refractivity contribution in [2.45, 2.75) is 25.2 Å². The smallest absolute Gasteiger partial charge is 0.124 e. The van der Waals surface area contributed by atoms with E-state index in [1.807, 2.05) is 24.3 Å². The number of nitrogens with zero attached hydrogens (tertiary/aromatic N) is 2. The molecule has 2 aromatic carbocycles. The number of nitrogens with one attached hydrogen (secondary N) is 1. The maximum Gasteiger partial charge on any atom is 0.124 e. The summed E-state index contributed by atoms with van der Waals surface area (Å²) in [5.41, 5.74) is 2.83. The fourth-order valence-electron chi connectivity index (χ4n) is 4.09. The van der Waals surface area contributed by atoms with Crippen molar-refractivity contribution in [2.75, 3.05) is 32.8 Å². The summed E-state index contributed by atoms with van der Waals surface area (Å²) < 4.78 is 14.6. The Morgan fingerprint density at radius 2 is 1.81 bits per heavy atom. The lowest BCUT2D eigenvalue weighted by Gasteiger charge is -2.38. The Morgan fingerprint density at radius 3 is 2.48 bits per heavy atom. The topological polar surface area (TPSA) is 57.5 Å². The second-order valence-corrected chi connectivity index (χ2v) is 9.19. The molecule has 0 unspecified atom stereocenters. The molecular weight excluding hydrogens is 569 g/mol. The summed E-state index contributed by atoms with van der Waals surface area (Å²) in [6, 6.07) is 14.2. The molecule has 2 aromatic rings. The van der Waals surface area contributed by atoms with Crippen molar-refractivity contribution in [1.82, 2.24) is 10.2 Å². The van der Waals surface area contributed by atoms with Crippen LogP contribution in [-0.2, 0) is 11.3 Å². The summed E-state index contributed by atoms with van der Waals surface area (Å²) in [6.07, 6.45) is 0.793. The van der Waals surface area contributed by atoms with E-state index < -0.39 is 0 Å². The molecule has 0 spiro atoms. The van der Waals surface area contributed by atoms with Crippen LogP contribution in [0.4, 0.5) is 0 Å². The zero-order chi connectivity index (χ0) is 20.2. The van der Waals surface area contributed by atoms with Crippen molar-refractivity contribution in [3.63, 3.8) is 0 Å². The molecule has 2 heterocycles. The molecule has 168 valence electrons. The van der Waals surface area contributed by atoms with Gasteiger partial charge in [0.15, 0.2) is 0 Å². The van der Waals surface area contributed by atoms with Gasteiger partial charge in [0.05, 0.1) is 37.0 Å².